The molecule has 1 aliphatic rings. The summed E-state index contributed by atoms with van der Waals surface area (Å²) in [5.74, 6) is 0.222. The third kappa shape index (κ3) is 4.12. The Morgan fingerprint density at radius 1 is 1.35 bits per heavy atom. The molecule has 26 heavy (non-hydrogen) atoms. The van der Waals surface area contributed by atoms with Gasteiger partial charge in [0.05, 0.1) is 5.56 Å². The van der Waals surface area contributed by atoms with Gasteiger partial charge in [0.15, 0.2) is 12.4 Å². The molecule has 1 aliphatic carbocycles. The number of alkyl halides is 3. The van der Waals surface area contributed by atoms with Gasteiger partial charge in [-0.15, -0.1) is 0 Å². The van der Waals surface area contributed by atoms with Crippen molar-refractivity contribution in [1.82, 2.24) is 20.4 Å². The van der Waals surface area contributed by atoms with Crippen LogP contribution in [0.15, 0.2) is 22.9 Å². The second kappa shape index (κ2) is 6.93. The Kier molecular flexibility index (Phi) is 4.84. The molecule has 1 N–H and O–H groups in total. The molecule has 1 fully saturated rings. The van der Waals surface area contributed by atoms with Crippen LogP contribution in [0, 0.1) is 6.92 Å². The van der Waals surface area contributed by atoms with Crippen LogP contribution in [0.5, 0.6) is 5.88 Å². The molecule has 10 heteroatoms. The molecular formula is C16H17F3N4O3. The van der Waals surface area contributed by atoms with Gasteiger partial charge in [-0.1, -0.05) is 18.0 Å². The zero-order chi connectivity index (χ0) is 18.8. The van der Waals surface area contributed by atoms with Crippen molar-refractivity contribution in [3.63, 3.8) is 0 Å². The largest absolute Gasteiger partial charge is 0.468 e. The van der Waals surface area contributed by atoms with E-state index in [1.54, 1.807) is 6.92 Å². The average molecular weight is 370 g/mol. The molecule has 3 rings (SSSR count). The second-order valence-corrected chi connectivity index (χ2v) is 6.17. The summed E-state index contributed by atoms with van der Waals surface area (Å²) in [5.41, 5.74) is -0.504. The van der Waals surface area contributed by atoms with E-state index in [2.05, 4.69) is 25.2 Å². The van der Waals surface area contributed by atoms with Crippen molar-refractivity contribution in [2.45, 2.75) is 44.3 Å². The van der Waals surface area contributed by atoms with Gasteiger partial charge in [-0.3, -0.25) is 4.79 Å². The summed E-state index contributed by atoms with van der Waals surface area (Å²) < 4.78 is 46.0. The quantitative estimate of drug-likeness (QED) is 0.870. The summed E-state index contributed by atoms with van der Waals surface area (Å²) in [6, 6.07) is 2.58. The van der Waals surface area contributed by atoms with Gasteiger partial charge in [-0.05, 0) is 18.9 Å². The number of halogens is 3. The van der Waals surface area contributed by atoms with Crippen molar-refractivity contribution in [1.29, 1.82) is 0 Å². The lowest BCUT2D eigenvalue weighted by molar-refractivity contribution is -0.154. The summed E-state index contributed by atoms with van der Waals surface area (Å²) in [7, 11) is 0. The fourth-order valence-electron chi connectivity index (χ4n) is 2.92. The maximum absolute atomic E-state index is 12.6. The number of rotatable bonds is 5. The van der Waals surface area contributed by atoms with E-state index in [0.717, 1.165) is 12.8 Å². The highest BCUT2D eigenvalue weighted by molar-refractivity contribution is 5.94. The minimum Gasteiger partial charge on any atom is -0.468 e. The van der Waals surface area contributed by atoms with E-state index in [1.165, 1.54) is 18.3 Å². The average Bonchev–Trinajstić information content (AvgIpc) is 3.23. The van der Waals surface area contributed by atoms with Gasteiger partial charge < -0.3 is 14.6 Å². The zero-order valence-corrected chi connectivity index (χ0v) is 14.0. The summed E-state index contributed by atoms with van der Waals surface area (Å²) in [6.07, 6.45) is -0.0943. The van der Waals surface area contributed by atoms with Gasteiger partial charge in [-0.25, -0.2) is 4.98 Å². The number of hydrogen-bond acceptors (Lipinski definition) is 6. The lowest BCUT2D eigenvalue weighted by atomic mass is 9.96. The molecule has 0 unspecified atom stereocenters. The van der Waals surface area contributed by atoms with E-state index in [4.69, 9.17) is 4.52 Å². The Balaban J connectivity index is 1.70. The Bertz CT molecular complexity index is 768. The van der Waals surface area contributed by atoms with E-state index in [1.807, 2.05) is 0 Å². The Labute approximate surface area is 146 Å². The number of nitrogens with one attached hydrogen (secondary N) is 1. The van der Waals surface area contributed by atoms with Crippen molar-refractivity contribution >= 4 is 5.91 Å². The normalized spacial score (nSPS) is 16.5. The monoisotopic (exact) mass is 370 g/mol. The van der Waals surface area contributed by atoms with Crippen molar-refractivity contribution in [2.75, 3.05) is 6.61 Å². The minimum atomic E-state index is -4.45. The lowest BCUT2D eigenvalue weighted by Gasteiger charge is -2.26. The second-order valence-electron chi connectivity index (χ2n) is 6.17. The first kappa shape index (κ1) is 18.2. The van der Waals surface area contributed by atoms with Crippen molar-refractivity contribution in [3.8, 4) is 5.88 Å². The molecule has 0 aliphatic heterocycles. The molecule has 7 nitrogen and oxygen atoms in total. The number of aromatic nitrogens is 3. The van der Waals surface area contributed by atoms with Gasteiger partial charge in [0.2, 0.25) is 11.8 Å². The summed E-state index contributed by atoms with van der Waals surface area (Å²) in [6.45, 7) is 0.233. The SMILES string of the molecule is Cc1nc(C2(NC(=O)c3ccc(OCC(F)(F)F)nc3)CCCC2)no1. The molecule has 1 saturated carbocycles. The molecule has 0 atom stereocenters. The summed E-state index contributed by atoms with van der Waals surface area (Å²) >= 11 is 0. The van der Waals surface area contributed by atoms with Crippen LogP contribution in [0.4, 0.5) is 13.2 Å². The van der Waals surface area contributed by atoms with Crippen LogP contribution in [0.3, 0.4) is 0 Å². The number of carbonyl (C=O) groups is 1. The van der Waals surface area contributed by atoms with Crippen LogP contribution >= 0.6 is 0 Å². The van der Waals surface area contributed by atoms with E-state index in [0.29, 0.717) is 24.6 Å². The fourth-order valence-corrected chi connectivity index (χ4v) is 2.92. The van der Waals surface area contributed by atoms with Gasteiger partial charge in [0, 0.05) is 19.2 Å². The highest BCUT2D eigenvalue weighted by Gasteiger charge is 2.41. The highest BCUT2D eigenvalue weighted by Crippen LogP contribution is 2.37. The van der Waals surface area contributed by atoms with E-state index in [-0.39, 0.29) is 11.4 Å². The third-order valence-electron chi connectivity index (χ3n) is 4.15. The molecular weight excluding hydrogens is 353 g/mol. The topological polar surface area (TPSA) is 90.1 Å². The molecule has 2 aromatic rings. The zero-order valence-electron chi connectivity index (χ0n) is 14.0. The predicted octanol–water partition coefficient (Wildman–Crippen LogP) is 2.91. The first-order valence-electron chi connectivity index (χ1n) is 8.06. The van der Waals surface area contributed by atoms with Crippen LogP contribution in [0.1, 0.15) is 47.8 Å². The van der Waals surface area contributed by atoms with E-state index >= 15 is 0 Å². The Morgan fingerprint density at radius 2 is 2.08 bits per heavy atom. The van der Waals surface area contributed by atoms with Crippen LogP contribution < -0.4 is 10.1 Å². The Hall–Kier alpha value is -2.65. The molecule has 1 amide bonds. The van der Waals surface area contributed by atoms with E-state index < -0.39 is 24.2 Å². The first-order valence-corrected chi connectivity index (χ1v) is 8.06. The van der Waals surface area contributed by atoms with Gasteiger partial charge in [-0.2, -0.15) is 18.2 Å². The lowest BCUT2D eigenvalue weighted by Crippen LogP contribution is -2.44. The molecule has 0 bridgehead atoms. The smallest absolute Gasteiger partial charge is 0.422 e. The predicted molar refractivity (Wildman–Crippen MR) is 82.4 cm³/mol. The molecule has 2 aromatic heterocycles. The van der Waals surface area contributed by atoms with Gasteiger partial charge >= 0.3 is 6.18 Å². The first-order chi connectivity index (χ1) is 12.3. The number of pyridine rings is 1. The maximum atomic E-state index is 12.6. The number of carbonyl (C=O) groups excluding carboxylic acids is 1. The van der Waals surface area contributed by atoms with Crippen LogP contribution in [-0.2, 0) is 5.54 Å². The van der Waals surface area contributed by atoms with Crippen molar-refractivity contribution in [2.24, 2.45) is 0 Å². The number of amides is 1. The highest BCUT2D eigenvalue weighted by atomic mass is 19.4. The van der Waals surface area contributed by atoms with Crippen LogP contribution in [0.25, 0.3) is 0 Å². The fraction of sp³-hybridized carbons (Fsp3) is 0.500. The number of ether oxygens (including phenoxy) is 1. The molecule has 2 heterocycles. The maximum Gasteiger partial charge on any atom is 0.422 e. The van der Waals surface area contributed by atoms with E-state index in [9.17, 15) is 18.0 Å². The van der Waals surface area contributed by atoms with Crippen molar-refractivity contribution < 1.29 is 27.2 Å². The number of aryl methyl sites for hydroxylation is 1. The molecule has 0 spiro atoms. The van der Waals surface area contributed by atoms with Gasteiger partial charge in [0.1, 0.15) is 5.54 Å². The standard InChI is InChI=1S/C16H17F3N4O3/c1-10-21-14(23-26-10)15(6-2-3-7-15)22-13(24)11-4-5-12(20-8-11)25-9-16(17,18)19/h4-5,8H,2-3,6-7,9H2,1H3,(H,22,24). The summed E-state index contributed by atoms with van der Waals surface area (Å²) in [5, 5.41) is 6.86. The number of nitrogens with zero attached hydrogens (tertiary/aromatic N) is 3. The molecule has 0 saturated heterocycles. The number of hydrogen-bond donors (Lipinski definition) is 1. The van der Waals surface area contributed by atoms with Crippen LogP contribution in [0.2, 0.25) is 0 Å². The van der Waals surface area contributed by atoms with Gasteiger partial charge in [0.25, 0.3) is 5.91 Å². The minimum absolute atomic E-state index is 0.204. The summed E-state index contributed by atoms with van der Waals surface area (Å²) in [4.78, 5) is 20.5. The molecule has 0 aromatic carbocycles. The molecule has 140 valence electrons. The molecule has 0 radical (unpaired) electrons. The third-order valence-corrected chi connectivity index (χ3v) is 4.15. The Morgan fingerprint density at radius 3 is 2.62 bits per heavy atom. The van der Waals surface area contributed by atoms with Crippen LogP contribution in [-0.4, -0.2) is 33.8 Å². The van der Waals surface area contributed by atoms with Crippen molar-refractivity contribution in [3.05, 3.63) is 35.6 Å².